The van der Waals surface area contributed by atoms with E-state index in [1.165, 1.54) is 55.6 Å². The molecule has 109 heavy (non-hydrogen) atoms. The van der Waals surface area contributed by atoms with Crippen LogP contribution in [0.2, 0.25) is 10.0 Å². The van der Waals surface area contributed by atoms with Crippen molar-refractivity contribution in [1.82, 2.24) is 42.5 Å². The summed E-state index contributed by atoms with van der Waals surface area (Å²) in [5.41, 5.74) is -2.44. The smallest absolute Gasteiger partial charge is 0.330 e. The van der Waals surface area contributed by atoms with E-state index in [9.17, 15) is 70.2 Å². The standard InChI is InChI=1S/C76H78Cl2N8O23/c1-32(2)9-7-5-4-6-8-10-55(93)81-64-67(96)66(95)54(31-87)108-76(64)109-68-52-25-37-26-53(68)107-50-20-15-36(23-44(50)77)65(94)63-74(102)85-62(75(103)104)42-27-38(88)28-48(91)56(42)41-22-34(13-18-46(41)89)59(71(99)86-63)82-72(100)60(37)83-73(101)61-43-29-40(30-49(92)57(43)78)106-51-24-35(14-19-47(51)90)58(79-3)70(98)80-45(69(97)84-61)21-33-11-16-39(105-52)17-12-33/h11-20,22-30,32,45,54,58-67,76,79,87-92,94-96H,4-10,21,31H2,1-3H3,(H,80,98)(H,81,93)(H,82,100)(H,83,101)(H,84,97)(H,85,102)(H,86,99)(H,103,104)/t45-,54-,58+,59-,60-,61+,62-,63+,64-,65-,66-,67-,76+/m1/s1. The van der Waals surface area contributed by atoms with Gasteiger partial charge < -0.3 is 117 Å². The zero-order chi connectivity index (χ0) is 78.0. The van der Waals surface area contributed by atoms with E-state index in [4.69, 9.17) is 46.9 Å². The SMILES string of the molecule is CN[C@@H]1C(=O)N[C@@H]2Cc3ccc(cc3)Oc3cc4cc(c3O[C@@H]3O[C@H](CO)[C@@H](O)[C@H](O)[C@H]3NC(=O)CCCCCCCC(C)C)Oc3ccc(cc3Cl)[C@@H](O)[C@@H]3NC(=O)[C@H](NC(=O)[C@@H]4NC(=O)[C@@H](NC2=O)c2cc(cc(O)c2Cl)Oc2cc1ccc2O)c1ccc(O)c(c1)-c1c(O)cc(O)cc1[C@H](C(=O)O)NC3=O. The number of aliphatic hydroxyl groups excluding tert-OH is 4. The highest BCUT2D eigenvalue weighted by Crippen LogP contribution is 2.50. The van der Waals surface area contributed by atoms with Gasteiger partial charge in [-0.15, -0.1) is 0 Å². The number of ether oxygens (including phenoxy) is 5. The minimum absolute atomic E-state index is 0.0571. The molecule has 0 saturated carbocycles. The molecule has 0 aliphatic carbocycles. The molecule has 0 spiro atoms. The molecule has 14 rings (SSSR count). The number of benzene rings is 7. The minimum Gasteiger partial charge on any atom is -0.508 e. The summed E-state index contributed by atoms with van der Waals surface area (Å²) in [6.07, 6.45) is -5.07. The van der Waals surface area contributed by atoms with Gasteiger partial charge in [0.15, 0.2) is 29.0 Å². The summed E-state index contributed by atoms with van der Waals surface area (Å²) in [7, 11) is 1.45. The van der Waals surface area contributed by atoms with Crippen molar-refractivity contribution < 1.29 is 113 Å². The monoisotopic (exact) mass is 1540 g/mol. The van der Waals surface area contributed by atoms with Crippen molar-refractivity contribution in [2.24, 2.45) is 5.92 Å². The van der Waals surface area contributed by atoms with Crippen LogP contribution in [0.3, 0.4) is 0 Å². The number of fused-ring (bicyclic) bond motifs is 14. The second-order valence-corrected chi connectivity index (χ2v) is 28.2. The van der Waals surface area contributed by atoms with Crippen molar-refractivity contribution in [2.75, 3.05) is 13.7 Å². The van der Waals surface area contributed by atoms with Crippen LogP contribution in [-0.2, 0) is 49.5 Å². The predicted molar refractivity (Wildman–Crippen MR) is 386 cm³/mol. The number of likely N-dealkylation sites (N-methyl/N-ethyl adjacent to an activating group) is 1. The Labute approximate surface area is 631 Å². The van der Waals surface area contributed by atoms with E-state index in [1.807, 2.05) is 0 Å². The summed E-state index contributed by atoms with van der Waals surface area (Å²) in [6.45, 7) is 3.33. The quantitative estimate of drug-likeness (QED) is 0.0536. The van der Waals surface area contributed by atoms with Gasteiger partial charge in [-0.3, -0.25) is 33.6 Å². The van der Waals surface area contributed by atoms with E-state index in [2.05, 4.69) is 56.4 Å². The Morgan fingerprint density at radius 1 is 0.578 bits per heavy atom. The number of nitrogens with one attached hydrogen (secondary N) is 8. The van der Waals surface area contributed by atoms with E-state index in [0.29, 0.717) is 24.3 Å². The fourth-order valence-electron chi connectivity index (χ4n) is 13.7. The van der Waals surface area contributed by atoms with E-state index >= 15 is 19.2 Å². The lowest BCUT2D eigenvalue weighted by Gasteiger charge is -2.42. The predicted octanol–water partition coefficient (Wildman–Crippen LogP) is 6.23. The van der Waals surface area contributed by atoms with Crippen LogP contribution in [-0.4, -0.2) is 155 Å². The van der Waals surface area contributed by atoms with E-state index in [1.54, 1.807) is 0 Å². The van der Waals surface area contributed by atoms with Gasteiger partial charge in [-0.25, -0.2) is 4.79 Å². The molecule has 17 bridgehead atoms. The molecular weight excluding hydrogens is 1460 g/mol. The van der Waals surface area contributed by atoms with Gasteiger partial charge in [-0.1, -0.05) is 99.5 Å². The molecule has 0 radical (unpaired) electrons. The van der Waals surface area contributed by atoms with Gasteiger partial charge in [0.25, 0.3) is 0 Å². The number of carbonyl (C=O) groups excluding carboxylic acids is 7. The molecule has 7 aromatic rings. The number of phenolic OH excluding ortho intramolecular Hbond substituents is 5. The maximum atomic E-state index is 16.4. The van der Waals surface area contributed by atoms with Crippen molar-refractivity contribution >= 4 is 70.5 Å². The number of rotatable bonds is 14. The van der Waals surface area contributed by atoms with Crippen LogP contribution in [0.25, 0.3) is 11.1 Å². The molecule has 13 atom stereocenters. The van der Waals surface area contributed by atoms with Gasteiger partial charge in [-0.05, 0) is 120 Å². The summed E-state index contributed by atoms with van der Waals surface area (Å²) in [5, 5.41) is 134. The molecule has 1 fully saturated rings. The van der Waals surface area contributed by atoms with Crippen LogP contribution in [0, 0.1) is 5.92 Å². The molecule has 0 unspecified atom stereocenters. The number of halogens is 2. The van der Waals surface area contributed by atoms with Crippen LogP contribution in [0.1, 0.15) is 134 Å². The summed E-state index contributed by atoms with van der Waals surface area (Å²) in [4.78, 5) is 120. The lowest BCUT2D eigenvalue weighted by Crippen LogP contribution is -2.65. The second kappa shape index (κ2) is 32.7. The molecule has 7 heterocycles. The number of carbonyl (C=O) groups is 8. The van der Waals surface area contributed by atoms with Crippen LogP contribution >= 0.6 is 23.2 Å². The van der Waals surface area contributed by atoms with Gasteiger partial charge >= 0.3 is 5.97 Å². The number of carboxylic acid groups (broad SMARTS) is 1. The van der Waals surface area contributed by atoms with Crippen LogP contribution in [0.15, 0.2) is 115 Å². The Hall–Kier alpha value is -11.2. The van der Waals surface area contributed by atoms with Crippen LogP contribution in [0.5, 0.6) is 69.0 Å². The van der Waals surface area contributed by atoms with E-state index in [-0.39, 0.29) is 52.5 Å². The Morgan fingerprint density at radius 2 is 1.22 bits per heavy atom. The molecule has 574 valence electrons. The average Bonchev–Trinajstić information content (AvgIpc) is 0.770. The topological polar surface area (TPSA) is 481 Å². The number of carboxylic acids is 1. The average molecular weight is 1540 g/mol. The number of unbranched alkanes of at least 4 members (excludes halogenated alkanes) is 4. The highest BCUT2D eigenvalue weighted by Gasteiger charge is 2.48. The number of hydrogen-bond acceptors (Lipinski definition) is 23. The number of aromatic hydroxyl groups is 5. The van der Waals surface area contributed by atoms with Crippen LogP contribution in [0.4, 0.5) is 0 Å². The molecule has 7 aliphatic rings. The number of phenols is 5. The first-order valence-corrected chi connectivity index (χ1v) is 35.7. The largest absolute Gasteiger partial charge is 0.508 e. The molecule has 33 heteroatoms. The normalized spacial score (nSPS) is 24.0. The number of amides is 7. The van der Waals surface area contributed by atoms with Crippen LogP contribution < -0.4 is 61.5 Å². The highest BCUT2D eigenvalue weighted by atomic mass is 35.5. The summed E-state index contributed by atoms with van der Waals surface area (Å²) in [6, 6.07) is 6.53. The molecule has 7 amide bonds. The highest BCUT2D eigenvalue weighted by molar-refractivity contribution is 6.33. The third-order valence-electron chi connectivity index (χ3n) is 19.4. The molecular formula is C76H78Cl2N8O23. The van der Waals surface area contributed by atoms with Crippen molar-refractivity contribution in [3.8, 4) is 80.1 Å². The van der Waals surface area contributed by atoms with Gasteiger partial charge in [0, 0.05) is 47.2 Å². The zero-order valence-corrected chi connectivity index (χ0v) is 60.0. The van der Waals surface area contributed by atoms with Crippen molar-refractivity contribution in [1.29, 1.82) is 0 Å². The lowest BCUT2D eigenvalue weighted by atomic mass is 9.89. The van der Waals surface area contributed by atoms with Crippen molar-refractivity contribution in [3.63, 3.8) is 0 Å². The fraction of sp³-hybridized carbons (Fsp3) is 0.342. The van der Waals surface area contributed by atoms with Gasteiger partial charge in [0.2, 0.25) is 53.4 Å². The summed E-state index contributed by atoms with van der Waals surface area (Å²) < 4.78 is 32.5. The fourth-order valence-corrected chi connectivity index (χ4v) is 14.1. The van der Waals surface area contributed by atoms with E-state index < -0.39 is 217 Å². The first kappa shape index (κ1) is 77.5. The Bertz CT molecular complexity index is 4720. The van der Waals surface area contributed by atoms with Crippen molar-refractivity contribution in [2.45, 2.75) is 144 Å². The lowest BCUT2D eigenvalue weighted by molar-refractivity contribution is -0.244. The molecule has 31 nitrogen and oxygen atoms in total. The zero-order valence-electron chi connectivity index (χ0n) is 58.5. The van der Waals surface area contributed by atoms with Gasteiger partial charge in [0.1, 0.15) is 107 Å². The first-order chi connectivity index (χ1) is 52.1. The third kappa shape index (κ3) is 16.8. The molecule has 0 aromatic heterocycles. The molecule has 1 saturated heterocycles. The molecule has 7 aliphatic heterocycles. The molecule has 7 aromatic carbocycles. The number of aliphatic carboxylic acids is 1. The molecule has 18 N–H and O–H groups in total. The van der Waals surface area contributed by atoms with Gasteiger partial charge in [-0.2, -0.15) is 0 Å². The Morgan fingerprint density at radius 3 is 1.93 bits per heavy atom. The summed E-state index contributed by atoms with van der Waals surface area (Å²) in [5.74, 6) is -15.5. The first-order valence-electron chi connectivity index (χ1n) is 34.9. The maximum Gasteiger partial charge on any atom is 0.330 e. The number of aliphatic hydroxyl groups is 4. The van der Waals surface area contributed by atoms with Gasteiger partial charge in [0.05, 0.1) is 16.7 Å². The van der Waals surface area contributed by atoms with E-state index in [0.717, 1.165) is 92.4 Å². The Balaban J connectivity index is 1.09. The van der Waals surface area contributed by atoms with Crippen molar-refractivity contribution in [3.05, 3.63) is 164 Å². The summed E-state index contributed by atoms with van der Waals surface area (Å²) >= 11 is 14.1. The Kier molecular flexibility index (Phi) is 23.3. The maximum absolute atomic E-state index is 16.4. The second-order valence-electron chi connectivity index (χ2n) is 27.4. The third-order valence-corrected chi connectivity index (χ3v) is 20.1. The minimum atomic E-state index is -2.33. The number of hydrogen-bond donors (Lipinski definition) is 18.